The molecule has 150 valence electrons. The number of nitrogens with one attached hydrogen (secondary N) is 1. The van der Waals surface area contributed by atoms with E-state index in [-0.39, 0.29) is 11.8 Å². The van der Waals surface area contributed by atoms with Crippen LogP contribution in [-0.2, 0) is 0 Å². The van der Waals surface area contributed by atoms with Crippen LogP contribution in [0.4, 0.5) is 0 Å². The van der Waals surface area contributed by atoms with Crippen molar-refractivity contribution in [2.75, 3.05) is 6.26 Å². The van der Waals surface area contributed by atoms with Gasteiger partial charge in [0.15, 0.2) is 5.78 Å². The Labute approximate surface area is 182 Å². The molecule has 2 atom stereocenters. The minimum Gasteiger partial charge on any atom is -0.380 e. The van der Waals surface area contributed by atoms with E-state index in [1.54, 1.807) is 24.3 Å². The van der Waals surface area contributed by atoms with Crippen molar-refractivity contribution in [3.05, 3.63) is 75.3 Å². The SMILES string of the molecule is CCC(N/C(=C(/C)C(=O)c1ccc(Cl)cc1)c1ccc(Cl)cc1)C(CC)SC. The van der Waals surface area contributed by atoms with Crippen LogP contribution in [0.1, 0.15) is 49.5 Å². The lowest BCUT2D eigenvalue weighted by molar-refractivity contribution is 0.103. The molecule has 0 amide bonds. The summed E-state index contributed by atoms with van der Waals surface area (Å²) in [4.78, 5) is 13.1. The Morgan fingerprint density at radius 1 is 0.929 bits per heavy atom. The van der Waals surface area contributed by atoms with Gasteiger partial charge in [-0.1, -0.05) is 49.2 Å². The molecule has 0 heterocycles. The predicted molar refractivity (Wildman–Crippen MR) is 125 cm³/mol. The van der Waals surface area contributed by atoms with Gasteiger partial charge in [0.25, 0.3) is 0 Å². The standard InChI is InChI=1S/C23H27Cl2NOS/c1-5-20(21(6-2)28-4)26-22(16-7-11-18(24)12-8-16)15(3)23(27)17-9-13-19(25)14-10-17/h7-14,20-21,26H,5-6H2,1-4H3/b22-15-. The molecule has 2 rings (SSSR count). The van der Waals surface area contributed by atoms with Gasteiger partial charge in [-0.15, -0.1) is 0 Å². The number of benzene rings is 2. The van der Waals surface area contributed by atoms with Crippen molar-refractivity contribution in [2.24, 2.45) is 0 Å². The lowest BCUT2D eigenvalue weighted by atomic mass is 9.98. The Morgan fingerprint density at radius 3 is 1.86 bits per heavy atom. The third-order valence-electron chi connectivity index (χ3n) is 4.88. The van der Waals surface area contributed by atoms with Gasteiger partial charge in [-0.05, 0) is 68.0 Å². The highest BCUT2D eigenvalue weighted by molar-refractivity contribution is 7.99. The van der Waals surface area contributed by atoms with Gasteiger partial charge in [0.05, 0.1) is 0 Å². The van der Waals surface area contributed by atoms with Crippen LogP contribution < -0.4 is 5.32 Å². The molecule has 0 spiro atoms. The fourth-order valence-corrected chi connectivity index (χ4v) is 4.39. The number of rotatable bonds is 9. The number of carbonyl (C=O) groups excluding carboxylic acids is 1. The van der Waals surface area contributed by atoms with Gasteiger partial charge in [0, 0.05) is 38.2 Å². The number of hydrogen-bond acceptors (Lipinski definition) is 3. The summed E-state index contributed by atoms with van der Waals surface area (Å²) in [6, 6.07) is 14.9. The summed E-state index contributed by atoms with van der Waals surface area (Å²) in [5.41, 5.74) is 3.12. The number of allylic oxidation sites excluding steroid dienone is 1. The summed E-state index contributed by atoms with van der Waals surface area (Å²) in [7, 11) is 0. The molecule has 0 radical (unpaired) electrons. The van der Waals surface area contributed by atoms with Crippen molar-refractivity contribution < 1.29 is 4.79 Å². The number of ketones is 1. The van der Waals surface area contributed by atoms with Gasteiger partial charge in [-0.25, -0.2) is 0 Å². The fourth-order valence-electron chi connectivity index (χ4n) is 3.21. The van der Waals surface area contributed by atoms with E-state index in [1.807, 2.05) is 43.0 Å². The van der Waals surface area contributed by atoms with Crippen molar-refractivity contribution in [3.63, 3.8) is 0 Å². The summed E-state index contributed by atoms with van der Waals surface area (Å²) >= 11 is 13.9. The number of Topliss-reactive ketones (excluding diaryl/α,β-unsaturated/α-hetero) is 1. The molecule has 2 unspecified atom stereocenters. The van der Waals surface area contributed by atoms with Crippen molar-refractivity contribution in [1.82, 2.24) is 5.32 Å². The molecule has 1 N–H and O–H groups in total. The quantitative estimate of drug-likeness (QED) is 0.335. The van der Waals surface area contributed by atoms with E-state index in [0.29, 0.717) is 26.4 Å². The summed E-state index contributed by atoms with van der Waals surface area (Å²) in [5, 5.41) is 5.43. The molecular formula is C23H27Cl2NOS. The Bertz CT molecular complexity index is 812. The molecule has 0 aliphatic carbocycles. The van der Waals surface area contributed by atoms with E-state index < -0.39 is 0 Å². The van der Waals surface area contributed by atoms with E-state index in [1.165, 1.54) is 0 Å². The van der Waals surface area contributed by atoms with E-state index >= 15 is 0 Å². The first-order chi connectivity index (χ1) is 13.4. The van der Waals surface area contributed by atoms with Gasteiger partial charge in [0.1, 0.15) is 0 Å². The van der Waals surface area contributed by atoms with Gasteiger partial charge >= 0.3 is 0 Å². The molecule has 2 aromatic carbocycles. The third-order valence-corrected chi connectivity index (χ3v) is 6.65. The third kappa shape index (κ3) is 5.79. The molecule has 0 saturated carbocycles. The van der Waals surface area contributed by atoms with Crippen molar-refractivity contribution in [2.45, 2.75) is 44.9 Å². The van der Waals surface area contributed by atoms with Crippen LogP contribution in [0.5, 0.6) is 0 Å². The summed E-state index contributed by atoms with van der Waals surface area (Å²) in [5.74, 6) is -0.0128. The average molecular weight is 436 g/mol. The predicted octanol–water partition coefficient (Wildman–Crippen LogP) is 7.12. The number of carbonyl (C=O) groups is 1. The first-order valence-corrected chi connectivity index (χ1v) is 11.5. The maximum Gasteiger partial charge on any atom is 0.190 e. The Balaban J connectivity index is 2.49. The zero-order valence-corrected chi connectivity index (χ0v) is 19.1. The minimum atomic E-state index is -0.0128. The second kappa shape index (κ2) is 10.9. The van der Waals surface area contributed by atoms with Gasteiger partial charge in [0.2, 0.25) is 0 Å². The lowest BCUT2D eigenvalue weighted by Gasteiger charge is -2.28. The van der Waals surface area contributed by atoms with Gasteiger partial charge < -0.3 is 5.32 Å². The smallest absolute Gasteiger partial charge is 0.190 e. The van der Waals surface area contributed by atoms with Gasteiger partial charge in [-0.3, -0.25) is 4.79 Å². The monoisotopic (exact) mass is 435 g/mol. The molecular weight excluding hydrogens is 409 g/mol. The normalized spacial score (nSPS) is 14.2. The molecule has 5 heteroatoms. The van der Waals surface area contributed by atoms with Crippen LogP contribution in [-0.4, -0.2) is 23.3 Å². The summed E-state index contributed by atoms with van der Waals surface area (Å²) in [6.45, 7) is 6.25. The number of thioether (sulfide) groups is 1. The number of hydrogen-bond donors (Lipinski definition) is 1. The van der Waals surface area contributed by atoms with Crippen molar-refractivity contribution in [1.29, 1.82) is 0 Å². The van der Waals surface area contributed by atoms with Crippen LogP contribution in [0.3, 0.4) is 0 Å². The van der Waals surface area contributed by atoms with Crippen molar-refractivity contribution >= 4 is 46.4 Å². The van der Waals surface area contributed by atoms with Crippen LogP contribution >= 0.6 is 35.0 Å². The van der Waals surface area contributed by atoms with E-state index in [4.69, 9.17) is 23.2 Å². The second-order valence-corrected chi connectivity index (χ2v) is 8.63. The fraction of sp³-hybridized carbons (Fsp3) is 0.348. The zero-order valence-electron chi connectivity index (χ0n) is 16.8. The summed E-state index contributed by atoms with van der Waals surface area (Å²) in [6.07, 6.45) is 4.17. The Kier molecular flexibility index (Phi) is 8.94. The van der Waals surface area contributed by atoms with E-state index in [2.05, 4.69) is 25.4 Å². The molecule has 2 aromatic rings. The molecule has 0 aliphatic rings. The van der Waals surface area contributed by atoms with Crippen LogP contribution in [0.15, 0.2) is 54.1 Å². The largest absolute Gasteiger partial charge is 0.380 e. The maximum atomic E-state index is 13.1. The van der Waals surface area contributed by atoms with Crippen molar-refractivity contribution in [3.8, 4) is 0 Å². The first kappa shape index (κ1) is 22.9. The second-order valence-electron chi connectivity index (χ2n) is 6.68. The van der Waals surface area contributed by atoms with E-state index in [9.17, 15) is 4.79 Å². The molecule has 2 nitrogen and oxygen atoms in total. The van der Waals surface area contributed by atoms with Crippen LogP contribution in [0.2, 0.25) is 10.0 Å². The molecule has 0 aromatic heterocycles. The van der Waals surface area contributed by atoms with Crippen LogP contribution in [0.25, 0.3) is 5.70 Å². The van der Waals surface area contributed by atoms with Gasteiger partial charge in [-0.2, -0.15) is 11.8 Å². The highest BCUT2D eigenvalue weighted by Gasteiger charge is 2.22. The maximum absolute atomic E-state index is 13.1. The molecule has 0 saturated heterocycles. The molecule has 0 aliphatic heterocycles. The molecule has 0 fully saturated rings. The topological polar surface area (TPSA) is 29.1 Å². The molecule has 28 heavy (non-hydrogen) atoms. The lowest BCUT2D eigenvalue weighted by Crippen LogP contribution is -2.37. The average Bonchev–Trinajstić information content (AvgIpc) is 2.71. The van der Waals surface area contributed by atoms with E-state index in [0.717, 1.165) is 24.1 Å². The Morgan fingerprint density at radius 2 is 1.43 bits per heavy atom. The summed E-state index contributed by atoms with van der Waals surface area (Å²) < 4.78 is 0. The highest BCUT2D eigenvalue weighted by Crippen LogP contribution is 2.26. The van der Waals surface area contributed by atoms with Crippen LogP contribution in [0, 0.1) is 0 Å². The number of halogens is 2. The Hall–Kier alpha value is -1.42. The minimum absolute atomic E-state index is 0.0128. The highest BCUT2D eigenvalue weighted by atomic mass is 35.5. The first-order valence-electron chi connectivity index (χ1n) is 9.47. The zero-order chi connectivity index (χ0) is 20.7. The molecule has 0 bridgehead atoms.